The summed E-state index contributed by atoms with van der Waals surface area (Å²) < 4.78 is 0. The minimum atomic E-state index is 0.285. The largest absolute Gasteiger partial charge is 0.352 e. The van der Waals surface area contributed by atoms with Gasteiger partial charge in [-0.05, 0) is 17.9 Å². The third-order valence-electron chi connectivity index (χ3n) is 3.56. The van der Waals surface area contributed by atoms with E-state index in [0.717, 1.165) is 30.9 Å². The minimum absolute atomic E-state index is 0.285. The fourth-order valence-electron chi connectivity index (χ4n) is 2.42. The van der Waals surface area contributed by atoms with E-state index >= 15 is 0 Å². The zero-order valence-electron chi connectivity index (χ0n) is 11.6. The maximum atomic E-state index is 5.77. The van der Waals surface area contributed by atoms with Crippen molar-refractivity contribution in [2.75, 3.05) is 18.0 Å². The van der Waals surface area contributed by atoms with Gasteiger partial charge in [0.2, 0.25) is 0 Å². The lowest BCUT2D eigenvalue weighted by atomic mass is 9.83. The molecule has 1 aliphatic heterocycles. The Bertz CT molecular complexity index is 443. The number of rotatable bonds is 2. The fourth-order valence-corrected chi connectivity index (χ4v) is 2.42. The van der Waals surface area contributed by atoms with Gasteiger partial charge in [-0.15, -0.1) is 0 Å². The molecule has 0 atom stereocenters. The van der Waals surface area contributed by atoms with Crippen molar-refractivity contribution in [3.63, 3.8) is 0 Å². The average molecular weight is 245 g/mol. The molecule has 18 heavy (non-hydrogen) atoms. The van der Waals surface area contributed by atoms with Crippen LogP contribution in [0.2, 0.25) is 0 Å². The number of anilines is 1. The molecule has 3 nitrogen and oxygen atoms in total. The SMILES string of the molecule is CC(C)(C)C1=CCN(c2ncccc2CN)CC1. The molecular weight excluding hydrogens is 222 g/mol. The summed E-state index contributed by atoms with van der Waals surface area (Å²) in [6, 6.07) is 4.01. The Labute approximate surface area is 110 Å². The lowest BCUT2D eigenvalue weighted by Gasteiger charge is -2.33. The topological polar surface area (TPSA) is 42.2 Å². The predicted octanol–water partition coefficient (Wildman–Crippen LogP) is 2.72. The van der Waals surface area contributed by atoms with E-state index in [1.165, 1.54) is 0 Å². The predicted molar refractivity (Wildman–Crippen MR) is 76.5 cm³/mol. The molecule has 0 saturated heterocycles. The number of nitrogens with zero attached hydrogens (tertiary/aromatic N) is 2. The molecule has 3 heteroatoms. The summed E-state index contributed by atoms with van der Waals surface area (Å²) in [4.78, 5) is 6.79. The first kappa shape index (κ1) is 13.1. The van der Waals surface area contributed by atoms with Crippen LogP contribution in [0.3, 0.4) is 0 Å². The Kier molecular flexibility index (Phi) is 3.71. The second-order valence-corrected chi connectivity index (χ2v) is 5.87. The Balaban J connectivity index is 2.17. The Morgan fingerprint density at radius 2 is 2.17 bits per heavy atom. The zero-order chi connectivity index (χ0) is 13.2. The van der Waals surface area contributed by atoms with E-state index in [-0.39, 0.29) is 5.41 Å². The molecule has 0 amide bonds. The van der Waals surface area contributed by atoms with Crippen molar-refractivity contribution in [1.82, 2.24) is 4.98 Å². The van der Waals surface area contributed by atoms with Gasteiger partial charge in [0.1, 0.15) is 5.82 Å². The van der Waals surface area contributed by atoms with Gasteiger partial charge in [-0.25, -0.2) is 4.98 Å². The summed E-state index contributed by atoms with van der Waals surface area (Å²) in [7, 11) is 0. The van der Waals surface area contributed by atoms with Crippen molar-refractivity contribution in [3.8, 4) is 0 Å². The molecule has 0 spiro atoms. The van der Waals surface area contributed by atoms with Gasteiger partial charge >= 0.3 is 0 Å². The maximum absolute atomic E-state index is 5.77. The second-order valence-electron chi connectivity index (χ2n) is 5.87. The Morgan fingerprint density at radius 3 is 2.72 bits per heavy atom. The molecule has 0 saturated carbocycles. The molecule has 1 aliphatic rings. The van der Waals surface area contributed by atoms with Gasteiger partial charge in [0, 0.05) is 31.4 Å². The molecule has 0 bridgehead atoms. The monoisotopic (exact) mass is 245 g/mol. The van der Waals surface area contributed by atoms with Crippen LogP contribution in [-0.4, -0.2) is 18.1 Å². The van der Waals surface area contributed by atoms with Gasteiger partial charge in [-0.3, -0.25) is 0 Å². The molecule has 0 aromatic carbocycles. The molecule has 0 aliphatic carbocycles. The van der Waals surface area contributed by atoms with Crippen molar-refractivity contribution in [2.45, 2.75) is 33.7 Å². The van der Waals surface area contributed by atoms with Crippen LogP contribution >= 0.6 is 0 Å². The highest BCUT2D eigenvalue weighted by atomic mass is 15.2. The summed E-state index contributed by atoms with van der Waals surface area (Å²) in [6.45, 7) is 9.36. The van der Waals surface area contributed by atoms with Gasteiger partial charge in [0.15, 0.2) is 0 Å². The van der Waals surface area contributed by atoms with Gasteiger partial charge in [-0.2, -0.15) is 0 Å². The quantitative estimate of drug-likeness (QED) is 0.815. The molecule has 2 rings (SSSR count). The number of hydrogen-bond donors (Lipinski definition) is 1. The third kappa shape index (κ3) is 2.72. The highest BCUT2D eigenvalue weighted by molar-refractivity contribution is 5.48. The fraction of sp³-hybridized carbons (Fsp3) is 0.533. The van der Waals surface area contributed by atoms with Crippen LogP contribution in [0.4, 0.5) is 5.82 Å². The van der Waals surface area contributed by atoms with Gasteiger partial charge < -0.3 is 10.6 Å². The van der Waals surface area contributed by atoms with E-state index in [2.05, 4.69) is 42.8 Å². The summed E-state index contributed by atoms with van der Waals surface area (Å²) in [6.07, 6.45) is 5.31. The van der Waals surface area contributed by atoms with Crippen LogP contribution in [0, 0.1) is 5.41 Å². The van der Waals surface area contributed by atoms with Gasteiger partial charge in [0.05, 0.1) is 0 Å². The van der Waals surface area contributed by atoms with Crippen LogP contribution in [0.5, 0.6) is 0 Å². The molecule has 98 valence electrons. The first-order valence-corrected chi connectivity index (χ1v) is 6.61. The number of pyridine rings is 1. The van der Waals surface area contributed by atoms with E-state index in [1.807, 2.05) is 12.3 Å². The van der Waals surface area contributed by atoms with Crippen LogP contribution in [0.1, 0.15) is 32.8 Å². The molecule has 0 fully saturated rings. The summed E-state index contributed by atoms with van der Waals surface area (Å²) in [5, 5.41) is 0. The molecule has 1 aromatic rings. The Morgan fingerprint density at radius 1 is 1.39 bits per heavy atom. The average Bonchev–Trinajstić information content (AvgIpc) is 2.38. The van der Waals surface area contributed by atoms with Crippen molar-refractivity contribution in [2.24, 2.45) is 11.1 Å². The van der Waals surface area contributed by atoms with Crippen LogP contribution in [0.25, 0.3) is 0 Å². The minimum Gasteiger partial charge on any atom is -0.352 e. The van der Waals surface area contributed by atoms with E-state index in [0.29, 0.717) is 6.54 Å². The summed E-state index contributed by atoms with van der Waals surface area (Å²) in [5.41, 5.74) is 8.73. The number of aromatic nitrogens is 1. The van der Waals surface area contributed by atoms with Crippen molar-refractivity contribution >= 4 is 5.82 Å². The first-order valence-electron chi connectivity index (χ1n) is 6.61. The van der Waals surface area contributed by atoms with E-state index in [4.69, 9.17) is 5.73 Å². The molecule has 0 radical (unpaired) electrons. The van der Waals surface area contributed by atoms with E-state index in [1.54, 1.807) is 5.57 Å². The Hall–Kier alpha value is -1.35. The van der Waals surface area contributed by atoms with E-state index < -0.39 is 0 Å². The summed E-state index contributed by atoms with van der Waals surface area (Å²) in [5.74, 6) is 1.05. The van der Waals surface area contributed by atoms with Crippen LogP contribution in [0.15, 0.2) is 30.0 Å². The van der Waals surface area contributed by atoms with Crippen LogP contribution < -0.4 is 10.6 Å². The number of hydrogen-bond acceptors (Lipinski definition) is 3. The second kappa shape index (κ2) is 5.11. The smallest absolute Gasteiger partial charge is 0.133 e. The van der Waals surface area contributed by atoms with Gasteiger partial charge in [-0.1, -0.05) is 38.5 Å². The third-order valence-corrected chi connectivity index (χ3v) is 3.56. The standard InChI is InChI=1S/C15H23N3/c1-15(2,3)13-6-9-18(10-7-13)14-12(11-16)5-4-8-17-14/h4-6,8H,7,9-11,16H2,1-3H3. The maximum Gasteiger partial charge on any atom is 0.133 e. The highest BCUT2D eigenvalue weighted by Crippen LogP contribution is 2.31. The van der Waals surface area contributed by atoms with Gasteiger partial charge in [0.25, 0.3) is 0 Å². The van der Waals surface area contributed by atoms with Crippen molar-refractivity contribution in [1.29, 1.82) is 0 Å². The highest BCUT2D eigenvalue weighted by Gasteiger charge is 2.22. The molecule has 2 N–H and O–H groups in total. The first-order chi connectivity index (χ1) is 8.52. The lowest BCUT2D eigenvalue weighted by molar-refractivity contribution is 0.472. The number of nitrogens with two attached hydrogens (primary N) is 1. The molecule has 0 unspecified atom stereocenters. The molecule has 1 aromatic heterocycles. The summed E-state index contributed by atoms with van der Waals surface area (Å²) >= 11 is 0. The zero-order valence-corrected chi connectivity index (χ0v) is 11.6. The van der Waals surface area contributed by atoms with Crippen molar-refractivity contribution < 1.29 is 0 Å². The molecular formula is C15H23N3. The van der Waals surface area contributed by atoms with Crippen molar-refractivity contribution in [3.05, 3.63) is 35.5 Å². The lowest BCUT2D eigenvalue weighted by Crippen LogP contribution is -2.32. The molecule has 2 heterocycles. The van der Waals surface area contributed by atoms with E-state index in [9.17, 15) is 0 Å². The normalized spacial score (nSPS) is 16.7. The van der Waals surface area contributed by atoms with Crippen LogP contribution in [-0.2, 0) is 6.54 Å².